The second kappa shape index (κ2) is 4.32. The van der Waals surface area contributed by atoms with Gasteiger partial charge in [-0.05, 0) is 30.5 Å². The topological polar surface area (TPSA) is 55.4 Å². The van der Waals surface area contributed by atoms with Gasteiger partial charge in [-0.1, -0.05) is 18.2 Å². The van der Waals surface area contributed by atoms with E-state index in [-0.39, 0.29) is 11.7 Å². The van der Waals surface area contributed by atoms with Gasteiger partial charge >= 0.3 is 0 Å². The van der Waals surface area contributed by atoms with Gasteiger partial charge in [0.05, 0.1) is 11.8 Å². The molecule has 0 saturated carbocycles. The molecule has 1 atom stereocenters. The highest BCUT2D eigenvalue weighted by atomic mass is 16.5. The van der Waals surface area contributed by atoms with Crippen LogP contribution in [0.2, 0.25) is 0 Å². The summed E-state index contributed by atoms with van der Waals surface area (Å²) >= 11 is 0. The molecule has 1 aliphatic carbocycles. The van der Waals surface area contributed by atoms with Crippen LogP contribution in [0.25, 0.3) is 0 Å². The minimum Gasteiger partial charge on any atom is -0.469 e. The minimum absolute atomic E-state index is 0.0372. The smallest absolute Gasteiger partial charge is 0.239 e. The number of nitrogens with one attached hydrogen (secondary N) is 1. The Morgan fingerprint density at radius 2 is 2.00 bits per heavy atom. The molecule has 4 rings (SSSR count). The average molecular weight is 281 g/mol. The number of Topliss-reactive ketones (excluding diaryl/α,β-unsaturated/α-hetero) is 1. The zero-order valence-corrected chi connectivity index (χ0v) is 11.5. The number of para-hydroxylation sites is 1. The molecule has 0 saturated heterocycles. The van der Waals surface area contributed by atoms with E-state index in [1.165, 1.54) is 0 Å². The summed E-state index contributed by atoms with van der Waals surface area (Å²) in [6.45, 7) is 0. The molecule has 4 heteroatoms. The van der Waals surface area contributed by atoms with Crippen LogP contribution in [-0.2, 0) is 20.7 Å². The quantitative estimate of drug-likeness (QED) is 0.795. The van der Waals surface area contributed by atoms with Crippen molar-refractivity contribution in [3.8, 4) is 0 Å². The van der Waals surface area contributed by atoms with Gasteiger partial charge in [0.2, 0.25) is 5.91 Å². The SMILES string of the molecule is O=C1CCCC2=C1C1(C=CO2)Cc2ccccc2NC1=O. The number of carbonyl (C=O) groups is 2. The van der Waals surface area contributed by atoms with E-state index in [0.29, 0.717) is 24.2 Å². The molecule has 1 amide bonds. The Kier molecular flexibility index (Phi) is 2.55. The molecule has 1 aromatic rings. The van der Waals surface area contributed by atoms with Crippen LogP contribution in [0.3, 0.4) is 0 Å². The van der Waals surface area contributed by atoms with E-state index in [0.717, 1.165) is 24.1 Å². The first-order valence-corrected chi connectivity index (χ1v) is 7.21. The van der Waals surface area contributed by atoms with Crippen molar-refractivity contribution in [2.24, 2.45) is 5.41 Å². The van der Waals surface area contributed by atoms with Gasteiger partial charge in [0, 0.05) is 18.5 Å². The molecule has 1 unspecified atom stereocenters. The Morgan fingerprint density at radius 3 is 2.90 bits per heavy atom. The number of hydrogen-bond donors (Lipinski definition) is 1. The minimum atomic E-state index is -0.903. The maximum atomic E-state index is 12.7. The van der Waals surface area contributed by atoms with Crippen molar-refractivity contribution in [2.75, 3.05) is 5.32 Å². The van der Waals surface area contributed by atoms with Crippen molar-refractivity contribution in [2.45, 2.75) is 25.7 Å². The van der Waals surface area contributed by atoms with Crippen LogP contribution in [0.15, 0.2) is 47.9 Å². The van der Waals surface area contributed by atoms with Gasteiger partial charge in [0.1, 0.15) is 11.2 Å². The second-order valence-electron chi connectivity index (χ2n) is 5.75. The van der Waals surface area contributed by atoms with Crippen LogP contribution in [0, 0.1) is 5.41 Å². The first kappa shape index (κ1) is 12.4. The summed E-state index contributed by atoms with van der Waals surface area (Å²) in [5.74, 6) is 0.571. The van der Waals surface area contributed by atoms with E-state index in [2.05, 4.69) is 5.32 Å². The van der Waals surface area contributed by atoms with Gasteiger partial charge in [-0.3, -0.25) is 9.59 Å². The number of amides is 1. The fourth-order valence-corrected chi connectivity index (χ4v) is 3.49. The van der Waals surface area contributed by atoms with E-state index in [1.54, 1.807) is 12.3 Å². The Morgan fingerprint density at radius 1 is 1.14 bits per heavy atom. The molecule has 3 aliphatic rings. The molecule has 1 aromatic carbocycles. The van der Waals surface area contributed by atoms with Gasteiger partial charge in [-0.2, -0.15) is 0 Å². The molecule has 1 spiro atoms. The molecule has 106 valence electrons. The summed E-state index contributed by atoms with van der Waals surface area (Å²) in [5.41, 5.74) is 1.54. The van der Waals surface area contributed by atoms with Gasteiger partial charge in [-0.15, -0.1) is 0 Å². The Labute approximate surface area is 122 Å². The van der Waals surface area contributed by atoms with Gasteiger partial charge in [0.15, 0.2) is 5.78 Å². The molecule has 0 fully saturated rings. The van der Waals surface area contributed by atoms with E-state index >= 15 is 0 Å². The predicted molar refractivity (Wildman–Crippen MR) is 77.3 cm³/mol. The monoisotopic (exact) mass is 281 g/mol. The number of anilines is 1. The molecule has 4 nitrogen and oxygen atoms in total. The molecule has 1 N–H and O–H groups in total. The van der Waals surface area contributed by atoms with Crippen LogP contribution in [0.4, 0.5) is 5.69 Å². The highest BCUT2D eigenvalue weighted by Crippen LogP contribution is 2.46. The lowest BCUT2D eigenvalue weighted by Crippen LogP contribution is -2.46. The van der Waals surface area contributed by atoms with Crippen molar-refractivity contribution in [1.82, 2.24) is 0 Å². The zero-order chi connectivity index (χ0) is 14.4. The average Bonchev–Trinajstić information content (AvgIpc) is 2.49. The molecule has 0 bridgehead atoms. The van der Waals surface area contributed by atoms with E-state index in [4.69, 9.17) is 4.74 Å². The number of hydrogen-bond acceptors (Lipinski definition) is 3. The van der Waals surface area contributed by atoms with Gasteiger partial charge in [-0.25, -0.2) is 0 Å². The number of allylic oxidation sites excluding steroid dienone is 1. The van der Waals surface area contributed by atoms with Crippen LogP contribution in [0.1, 0.15) is 24.8 Å². The summed E-state index contributed by atoms with van der Waals surface area (Å²) in [4.78, 5) is 25.1. The standard InChI is InChI=1S/C17H15NO3/c19-13-6-3-7-14-15(13)17(8-9-21-14)10-11-4-1-2-5-12(11)18-16(17)20/h1-2,4-5,8-9H,3,6-7,10H2,(H,18,20). The molecule has 21 heavy (non-hydrogen) atoms. The number of benzene rings is 1. The van der Waals surface area contributed by atoms with E-state index in [9.17, 15) is 9.59 Å². The number of fused-ring (bicyclic) bond motifs is 2. The maximum absolute atomic E-state index is 12.7. The number of rotatable bonds is 0. The van der Waals surface area contributed by atoms with Crippen molar-refractivity contribution in [1.29, 1.82) is 0 Å². The van der Waals surface area contributed by atoms with Gasteiger partial charge in [0.25, 0.3) is 0 Å². The van der Waals surface area contributed by atoms with Crippen LogP contribution in [0.5, 0.6) is 0 Å². The lowest BCUT2D eigenvalue weighted by Gasteiger charge is -2.39. The largest absolute Gasteiger partial charge is 0.469 e. The molecular weight excluding hydrogens is 266 g/mol. The Hall–Kier alpha value is -2.36. The Bertz CT molecular complexity index is 717. The van der Waals surface area contributed by atoms with E-state index < -0.39 is 5.41 Å². The molecular formula is C17H15NO3. The maximum Gasteiger partial charge on any atom is 0.239 e. The van der Waals surface area contributed by atoms with Crippen molar-refractivity contribution < 1.29 is 14.3 Å². The first-order valence-electron chi connectivity index (χ1n) is 7.21. The summed E-state index contributed by atoms with van der Waals surface area (Å²) < 4.78 is 5.51. The third-order valence-electron chi connectivity index (χ3n) is 4.51. The number of carbonyl (C=O) groups excluding carboxylic acids is 2. The summed E-state index contributed by atoms with van der Waals surface area (Å²) in [5, 5.41) is 2.94. The van der Waals surface area contributed by atoms with Crippen molar-refractivity contribution in [3.63, 3.8) is 0 Å². The normalized spacial score (nSPS) is 27.0. The van der Waals surface area contributed by atoms with Crippen molar-refractivity contribution in [3.05, 3.63) is 53.5 Å². The number of ketones is 1. The summed E-state index contributed by atoms with van der Waals surface area (Å²) in [7, 11) is 0. The third kappa shape index (κ3) is 1.68. The first-order chi connectivity index (χ1) is 10.2. The van der Waals surface area contributed by atoms with Crippen LogP contribution >= 0.6 is 0 Å². The fraction of sp³-hybridized carbons (Fsp3) is 0.294. The summed E-state index contributed by atoms with van der Waals surface area (Å²) in [6, 6.07) is 7.73. The highest BCUT2D eigenvalue weighted by molar-refractivity contribution is 6.11. The molecule has 2 aliphatic heterocycles. The fourth-order valence-electron chi connectivity index (χ4n) is 3.49. The zero-order valence-electron chi connectivity index (χ0n) is 11.5. The van der Waals surface area contributed by atoms with Crippen molar-refractivity contribution >= 4 is 17.4 Å². The molecule has 0 radical (unpaired) electrons. The molecule has 0 aromatic heterocycles. The van der Waals surface area contributed by atoms with Gasteiger partial charge < -0.3 is 10.1 Å². The number of ether oxygens (including phenoxy) is 1. The Balaban J connectivity index is 1.88. The van der Waals surface area contributed by atoms with E-state index in [1.807, 2.05) is 24.3 Å². The lowest BCUT2D eigenvalue weighted by atomic mass is 9.67. The highest BCUT2D eigenvalue weighted by Gasteiger charge is 2.49. The lowest BCUT2D eigenvalue weighted by molar-refractivity contribution is -0.126. The van der Waals surface area contributed by atoms with Crippen LogP contribution < -0.4 is 5.32 Å². The third-order valence-corrected chi connectivity index (χ3v) is 4.51. The second-order valence-corrected chi connectivity index (χ2v) is 5.75. The summed E-state index contributed by atoms with van der Waals surface area (Å²) in [6.07, 6.45) is 5.82. The molecule has 2 heterocycles. The van der Waals surface area contributed by atoms with Crippen LogP contribution in [-0.4, -0.2) is 11.7 Å². The predicted octanol–water partition coefficient (Wildman–Crippen LogP) is 2.72.